The van der Waals surface area contributed by atoms with E-state index in [1.807, 2.05) is 57.2 Å². The van der Waals surface area contributed by atoms with Crippen LogP contribution in [0.25, 0.3) is 10.6 Å². The number of carbonyl (C=O) groups is 2. The molecule has 0 radical (unpaired) electrons. The van der Waals surface area contributed by atoms with Crippen LogP contribution in [-0.4, -0.2) is 34.4 Å². The van der Waals surface area contributed by atoms with E-state index in [-0.39, 0.29) is 30.9 Å². The molecule has 2 aromatic heterocycles. The quantitative estimate of drug-likeness (QED) is 0.569. The molecule has 0 aliphatic heterocycles. The average molecular weight is 425 g/mol. The van der Waals surface area contributed by atoms with E-state index in [0.29, 0.717) is 11.5 Å². The molecule has 7 nitrogen and oxygen atoms in total. The minimum absolute atomic E-state index is 0.112. The highest BCUT2D eigenvalue weighted by atomic mass is 32.1. The van der Waals surface area contributed by atoms with Crippen LogP contribution in [-0.2, 0) is 4.79 Å². The van der Waals surface area contributed by atoms with E-state index in [0.717, 1.165) is 22.0 Å². The molecule has 1 aromatic carbocycles. The Kier molecular flexibility index (Phi) is 7.13. The molecule has 0 atom stereocenters. The first-order chi connectivity index (χ1) is 14.4. The number of ether oxygens (including phenoxy) is 1. The molecule has 156 valence electrons. The number of benzene rings is 1. The van der Waals surface area contributed by atoms with Crippen LogP contribution in [0.5, 0.6) is 5.75 Å². The van der Waals surface area contributed by atoms with Crippen molar-refractivity contribution in [2.75, 3.05) is 11.9 Å². The van der Waals surface area contributed by atoms with Crippen molar-refractivity contribution in [3.63, 3.8) is 0 Å². The Hall–Kier alpha value is -3.26. The third-order valence-electron chi connectivity index (χ3n) is 4.00. The van der Waals surface area contributed by atoms with E-state index < -0.39 is 0 Å². The lowest BCUT2D eigenvalue weighted by Gasteiger charge is -2.09. The fraction of sp³-hybridized carbons (Fsp3) is 0.273. The van der Waals surface area contributed by atoms with Gasteiger partial charge in [0.15, 0.2) is 0 Å². The van der Waals surface area contributed by atoms with Gasteiger partial charge in [0, 0.05) is 29.6 Å². The first kappa shape index (κ1) is 21.4. The van der Waals surface area contributed by atoms with Gasteiger partial charge < -0.3 is 15.4 Å². The average Bonchev–Trinajstić information content (AvgIpc) is 3.18. The summed E-state index contributed by atoms with van der Waals surface area (Å²) in [6, 6.07) is 13.0. The van der Waals surface area contributed by atoms with Crippen LogP contribution in [0.4, 0.5) is 5.82 Å². The molecule has 2 heterocycles. The lowest BCUT2D eigenvalue weighted by Crippen LogP contribution is -2.28. The summed E-state index contributed by atoms with van der Waals surface area (Å²) in [7, 11) is 0. The summed E-state index contributed by atoms with van der Waals surface area (Å²) in [5.41, 5.74) is 2.07. The maximum atomic E-state index is 12.3. The second-order valence-electron chi connectivity index (χ2n) is 6.95. The summed E-state index contributed by atoms with van der Waals surface area (Å²) in [4.78, 5) is 32.9. The molecule has 0 bridgehead atoms. The smallest absolute Gasteiger partial charge is 0.270 e. The molecule has 0 aliphatic rings. The van der Waals surface area contributed by atoms with Gasteiger partial charge in [0.1, 0.15) is 22.3 Å². The fourth-order valence-corrected chi connectivity index (χ4v) is 3.46. The number of hydrogen-bond acceptors (Lipinski definition) is 6. The Balaban J connectivity index is 1.49. The molecule has 0 fully saturated rings. The molecule has 3 rings (SSSR count). The summed E-state index contributed by atoms with van der Waals surface area (Å²) >= 11 is 1.39. The van der Waals surface area contributed by atoms with Gasteiger partial charge in [-0.25, -0.2) is 9.97 Å². The van der Waals surface area contributed by atoms with Gasteiger partial charge in [-0.2, -0.15) is 0 Å². The molecule has 0 aliphatic carbocycles. The number of rotatable bonds is 8. The second kappa shape index (κ2) is 9.98. The predicted molar refractivity (Wildman–Crippen MR) is 118 cm³/mol. The standard InChI is InChI=1S/C22H24N4O3S/c1-14(2)29-17-9-7-16(8-10-17)22-25-18(13-30-22)21(28)23-12-11-20(27)26-19-6-4-5-15(3)24-19/h4-10,13-14H,11-12H2,1-3H3,(H,23,28)(H,24,26,27). The SMILES string of the molecule is Cc1cccc(NC(=O)CCNC(=O)c2csc(-c3ccc(OC(C)C)cc3)n2)n1. The van der Waals surface area contributed by atoms with Gasteiger partial charge in [-0.3, -0.25) is 9.59 Å². The summed E-state index contributed by atoms with van der Waals surface area (Å²) in [5.74, 6) is 0.775. The highest BCUT2D eigenvalue weighted by Crippen LogP contribution is 2.26. The number of anilines is 1. The molecule has 0 saturated carbocycles. The molecule has 3 aromatic rings. The number of aromatic nitrogens is 2. The third kappa shape index (κ3) is 6.12. The first-order valence-corrected chi connectivity index (χ1v) is 10.5. The Labute approximate surface area is 179 Å². The van der Waals surface area contributed by atoms with E-state index >= 15 is 0 Å². The van der Waals surface area contributed by atoms with E-state index in [1.165, 1.54) is 11.3 Å². The zero-order valence-corrected chi connectivity index (χ0v) is 18.0. The van der Waals surface area contributed by atoms with E-state index in [1.54, 1.807) is 11.4 Å². The molecule has 0 unspecified atom stereocenters. The van der Waals surface area contributed by atoms with Gasteiger partial charge in [0.05, 0.1) is 6.10 Å². The van der Waals surface area contributed by atoms with Crippen LogP contribution >= 0.6 is 11.3 Å². The number of carbonyl (C=O) groups excluding carboxylic acids is 2. The van der Waals surface area contributed by atoms with Crippen LogP contribution in [0, 0.1) is 6.92 Å². The topological polar surface area (TPSA) is 93.2 Å². The lowest BCUT2D eigenvalue weighted by molar-refractivity contribution is -0.116. The van der Waals surface area contributed by atoms with Gasteiger partial charge in [-0.05, 0) is 57.2 Å². The van der Waals surface area contributed by atoms with Crippen LogP contribution in [0.1, 0.15) is 36.5 Å². The molecular weight excluding hydrogens is 400 g/mol. The summed E-state index contributed by atoms with van der Waals surface area (Å²) < 4.78 is 5.64. The first-order valence-electron chi connectivity index (χ1n) is 9.65. The van der Waals surface area contributed by atoms with Crippen molar-refractivity contribution in [3.8, 4) is 16.3 Å². The molecule has 0 saturated heterocycles. The molecule has 2 N–H and O–H groups in total. The van der Waals surface area contributed by atoms with E-state index in [2.05, 4.69) is 20.6 Å². The Morgan fingerprint density at radius 3 is 2.57 bits per heavy atom. The number of pyridine rings is 1. The number of nitrogens with one attached hydrogen (secondary N) is 2. The predicted octanol–water partition coefficient (Wildman–Crippen LogP) is 4.06. The molecule has 8 heteroatoms. The molecule has 30 heavy (non-hydrogen) atoms. The molecule has 2 amide bonds. The number of nitrogens with zero attached hydrogens (tertiary/aromatic N) is 2. The number of aryl methyl sites for hydroxylation is 1. The van der Waals surface area contributed by atoms with E-state index in [9.17, 15) is 9.59 Å². The summed E-state index contributed by atoms with van der Waals surface area (Å²) in [6.45, 7) is 6.02. The monoisotopic (exact) mass is 424 g/mol. The zero-order chi connectivity index (χ0) is 21.5. The van der Waals surface area contributed by atoms with Crippen molar-refractivity contribution >= 4 is 29.0 Å². The largest absolute Gasteiger partial charge is 0.491 e. The molecular formula is C22H24N4O3S. The van der Waals surface area contributed by atoms with Crippen molar-refractivity contribution in [2.45, 2.75) is 33.3 Å². The maximum absolute atomic E-state index is 12.3. The minimum atomic E-state index is -0.307. The fourth-order valence-electron chi connectivity index (χ4n) is 2.66. The van der Waals surface area contributed by atoms with Gasteiger partial charge in [0.25, 0.3) is 5.91 Å². The second-order valence-corrected chi connectivity index (χ2v) is 7.81. The Morgan fingerprint density at radius 1 is 1.10 bits per heavy atom. The van der Waals surface area contributed by atoms with Crippen molar-refractivity contribution in [1.29, 1.82) is 0 Å². The van der Waals surface area contributed by atoms with Crippen molar-refractivity contribution in [1.82, 2.24) is 15.3 Å². The normalized spacial score (nSPS) is 10.7. The number of hydrogen-bond donors (Lipinski definition) is 2. The Morgan fingerprint density at radius 2 is 1.87 bits per heavy atom. The highest BCUT2D eigenvalue weighted by molar-refractivity contribution is 7.13. The van der Waals surface area contributed by atoms with Gasteiger partial charge >= 0.3 is 0 Å². The van der Waals surface area contributed by atoms with Crippen LogP contribution in [0.2, 0.25) is 0 Å². The van der Waals surface area contributed by atoms with Crippen LogP contribution in [0.15, 0.2) is 47.8 Å². The summed E-state index contributed by atoms with van der Waals surface area (Å²) in [5, 5.41) is 7.90. The van der Waals surface area contributed by atoms with Crippen molar-refractivity contribution in [2.24, 2.45) is 0 Å². The Bertz CT molecular complexity index is 1020. The molecule has 0 spiro atoms. The van der Waals surface area contributed by atoms with Gasteiger partial charge in [-0.1, -0.05) is 6.07 Å². The van der Waals surface area contributed by atoms with Gasteiger partial charge in [0.2, 0.25) is 5.91 Å². The van der Waals surface area contributed by atoms with Crippen molar-refractivity contribution in [3.05, 3.63) is 59.2 Å². The highest BCUT2D eigenvalue weighted by Gasteiger charge is 2.13. The summed E-state index contributed by atoms with van der Waals surface area (Å²) in [6.07, 6.45) is 0.261. The van der Waals surface area contributed by atoms with Crippen LogP contribution < -0.4 is 15.4 Å². The maximum Gasteiger partial charge on any atom is 0.270 e. The van der Waals surface area contributed by atoms with E-state index in [4.69, 9.17) is 4.74 Å². The lowest BCUT2D eigenvalue weighted by atomic mass is 10.2. The number of thiazole rings is 1. The number of amides is 2. The third-order valence-corrected chi connectivity index (χ3v) is 4.89. The van der Waals surface area contributed by atoms with Gasteiger partial charge in [-0.15, -0.1) is 11.3 Å². The zero-order valence-electron chi connectivity index (χ0n) is 17.1. The van der Waals surface area contributed by atoms with Crippen LogP contribution in [0.3, 0.4) is 0 Å². The minimum Gasteiger partial charge on any atom is -0.491 e. The van der Waals surface area contributed by atoms with Crippen molar-refractivity contribution < 1.29 is 14.3 Å².